The molecule has 1 amide bonds. The molecule has 2 aromatic carbocycles. The average Bonchev–Trinajstić information content (AvgIpc) is 2.61. The summed E-state index contributed by atoms with van der Waals surface area (Å²) in [5.41, 5.74) is 2.98. The Hall–Kier alpha value is -2.49. The first-order chi connectivity index (χ1) is 12.0. The summed E-state index contributed by atoms with van der Waals surface area (Å²) in [6.07, 6.45) is 1.15. The number of nitrogens with one attached hydrogen (secondary N) is 2. The van der Waals surface area contributed by atoms with Gasteiger partial charge in [0.15, 0.2) is 0 Å². The molecular weight excluding hydrogens is 312 g/mol. The van der Waals surface area contributed by atoms with Crippen molar-refractivity contribution in [2.24, 2.45) is 0 Å². The lowest BCUT2D eigenvalue weighted by atomic mass is 10.0. The van der Waals surface area contributed by atoms with Crippen molar-refractivity contribution in [2.45, 2.75) is 46.1 Å². The van der Waals surface area contributed by atoms with Gasteiger partial charge in [0.25, 0.3) is 0 Å². The summed E-state index contributed by atoms with van der Waals surface area (Å²) >= 11 is 0. The molecule has 0 radical (unpaired) electrons. The second-order valence-corrected chi connectivity index (χ2v) is 6.50. The van der Waals surface area contributed by atoms with Crippen molar-refractivity contribution in [2.75, 3.05) is 17.2 Å². The topological polar surface area (TPSA) is 50.4 Å². The Balaban J connectivity index is 1.88. The van der Waals surface area contributed by atoms with E-state index < -0.39 is 0 Å². The van der Waals surface area contributed by atoms with Crippen LogP contribution in [-0.4, -0.2) is 18.6 Å². The molecule has 0 aromatic heterocycles. The Bertz CT molecular complexity index is 681. The summed E-state index contributed by atoms with van der Waals surface area (Å²) in [4.78, 5) is 12.2. The fourth-order valence-corrected chi connectivity index (χ4v) is 2.47. The monoisotopic (exact) mass is 340 g/mol. The van der Waals surface area contributed by atoms with E-state index in [1.807, 2.05) is 49.4 Å². The Kier molecular flexibility index (Phi) is 6.87. The summed E-state index contributed by atoms with van der Waals surface area (Å²) in [5.74, 6) is 1.15. The van der Waals surface area contributed by atoms with Crippen LogP contribution in [0.2, 0.25) is 0 Å². The number of para-hydroxylation sites is 1. The van der Waals surface area contributed by atoms with Crippen molar-refractivity contribution in [3.8, 4) is 5.75 Å². The van der Waals surface area contributed by atoms with Crippen LogP contribution >= 0.6 is 0 Å². The van der Waals surface area contributed by atoms with Crippen molar-refractivity contribution in [1.29, 1.82) is 0 Å². The van der Waals surface area contributed by atoms with Gasteiger partial charge in [0.1, 0.15) is 5.75 Å². The summed E-state index contributed by atoms with van der Waals surface area (Å²) in [6.45, 7) is 8.64. The van der Waals surface area contributed by atoms with Gasteiger partial charge in [0.2, 0.25) is 5.91 Å². The lowest BCUT2D eigenvalue weighted by Gasteiger charge is -2.15. The predicted molar refractivity (Wildman–Crippen MR) is 104 cm³/mol. The number of carbonyl (C=O) groups excluding carboxylic acids is 1. The SMILES string of the molecule is CCC(C)Oc1ccc(NC(=O)CNc2ccccc2C(C)C)cc1. The molecule has 2 aromatic rings. The summed E-state index contributed by atoms with van der Waals surface area (Å²) in [7, 11) is 0. The van der Waals surface area contributed by atoms with E-state index in [0.29, 0.717) is 5.92 Å². The lowest BCUT2D eigenvalue weighted by molar-refractivity contribution is -0.114. The molecule has 0 saturated heterocycles. The van der Waals surface area contributed by atoms with Crippen molar-refractivity contribution in [3.63, 3.8) is 0 Å². The Morgan fingerprint density at radius 1 is 1.04 bits per heavy atom. The fourth-order valence-electron chi connectivity index (χ4n) is 2.47. The summed E-state index contributed by atoms with van der Waals surface area (Å²) in [6, 6.07) is 15.6. The minimum absolute atomic E-state index is 0.0749. The van der Waals surface area contributed by atoms with E-state index >= 15 is 0 Å². The lowest BCUT2D eigenvalue weighted by Crippen LogP contribution is -2.22. The fraction of sp³-hybridized carbons (Fsp3) is 0.381. The molecule has 134 valence electrons. The zero-order chi connectivity index (χ0) is 18.2. The number of anilines is 2. The van der Waals surface area contributed by atoms with Crippen LogP contribution in [0.3, 0.4) is 0 Å². The van der Waals surface area contributed by atoms with E-state index in [1.165, 1.54) is 5.56 Å². The van der Waals surface area contributed by atoms with Gasteiger partial charge in [0, 0.05) is 11.4 Å². The van der Waals surface area contributed by atoms with Gasteiger partial charge in [-0.2, -0.15) is 0 Å². The molecule has 0 aliphatic carbocycles. The molecule has 0 fully saturated rings. The van der Waals surface area contributed by atoms with Crippen LogP contribution in [0.15, 0.2) is 48.5 Å². The van der Waals surface area contributed by atoms with E-state index in [0.717, 1.165) is 23.5 Å². The third kappa shape index (κ3) is 5.82. The minimum Gasteiger partial charge on any atom is -0.491 e. The molecule has 25 heavy (non-hydrogen) atoms. The highest BCUT2D eigenvalue weighted by Gasteiger charge is 2.08. The van der Waals surface area contributed by atoms with Crippen molar-refractivity contribution in [3.05, 3.63) is 54.1 Å². The molecule has 0 aliphatic heterocycles. The second-order valence-electron chi connectivity index (χ2n) is 6.50. The third-order valence-corrected chi connectivity index (χ3v) is 4.07. The van der Waals surface area contributed by atoms with E-state index in [4.69, 9.17) is 4.74 Å². The molecule has 4 nitrogen and oxygen atoms in total. The van der Waals surface area contributed by atoms with Crippen LogP contribution in [0, 0.1) is 0 Å². The maximum absolute atomic E-state index is 12.2. The Labute approximate surface area is 150 Å². The molecule has 4 heteroatoms. The van der Waals surface area contributed by atoms with Gasteiger partial charge in [-0.05, 0) is 55.2 Å². The zero-order valence-corrected chi connectivity index (χ0v) is 15.5. The molecule has 1 atom stereocenters. The van der Waals surface area contributed by atoms with Crippen LogP contribution in [0.1, 0.15) is 45.6 Å². The number of ether oxygens (including phenoxy) is 1. The van der Waals surface area contributed by atoms with E-state index in [2.05, 4.69) is 37.5 Å². The van der Waals surface area contributed by atoms with Crippen molar-refractivity contribution in [1.82, 2.24) is 0 Å². The Morgan fingerprint density at radius 3 is 2.36 bits per heavy atom. The molecule has 0 bridgehead atoms. The molecule has 2 N–H and O–H groups in total. The molecule has 0 spiro atoms. The first-order valence-electron chi connectivity index (χ1n) is 8.89. The minimum atomic E-state index is -0.0749. The van der Waals surface area contributed by atoms with Crippen molar-refractivity contribution < 1.29 is 9.53 Å². The Morgan fingerprint density at radius 2 is 1.72 bits per heavy atom. The molecule has 0 aliphatic rings. The van der Waals surface area contributed by atoms with Crippen LogP contribution in [-0.2, 0) is 4.79 Å². The second kappa shape index (κ2) is 9.11. The van der Waals surface area contributed by atoms with Gasteiger partial charge in [-0.15, -0.1) is 0 Å². The number of amides is 1. The maximum Gasteiger partial charge on any atom is 0.243 e. The van der Waals surface area contributed by atoms with Crippen LogP contribution in [0.5, 0.6) is 5.75 Å². The van der Waals surface area contributed by atoms with Gasteiger partial charge < -0.3 is 15.4 Å². The number of rotatable bonds is 8. The average molecular weight is 340 g/mol. The zero-order valence-electron chi connectivity index (χ0n) is 15.5. The third-order valence-electron chi connectivity index (χ3n) is 4.07. The quantitative estimate of drug-likeness (QED) is 0.708. The standard InChI is InChI=1S/C21H28N2O2/c1-5-16(4)25-18-12-10-17(11-13-18)23-21(24)14-22-20-9-7-6-8-19(20)15(2)3/h6-13,15-16,22H,5,14H2,1-4H3,(H,23,24). The highest BCUT2D eigenvalue weighted by atomic mass is 16.5. The molecule has 0 heterocycles. The van der Waals surface area contributed by atoms with Gasteiger partial charge >= 0.3 is 0 Å². The molecular formula is C21H28N2O2. The molecule has 1 unspecified atom stereocenters. The summed E-state index contributed by atoms with van der Waals surface area (Å²) in [5, 5.41) is 6.12. The number of hydrogen-bond acceptors (Lipinski definition) is 3. The van der Waals surface area contributed by atoms with Crippen LogP contribution in [0.4, 0.5) is 11.4 Å². The highest BCUT2D eigenvalue weighted by molar-refractivity contribution is 5.93. The van der Waals surface area contributed by atoms with Crippen molar-refractivity contribution >= 4 is 17.3 Å². The van der Waals surface area contributed by atoms with Crippen LogP contribution in [0.25, 0.3) is 0 Å². The normalized spacial score (nSPS) is 11.9. The predicted octanol–water partition coefficient (Wildman–Crippen LogP) is 5.04. The largest absolute Gasteiger partial charge is 0.491 e. The summed E-state index contributed by atoms with van der Waals surface area (Å²) < 4.78 is 5.74. The first kappa shape index (κ1) is 18.8. The highest BCUT2D eigenvalue weighted by Crippen LogP contribution is 2.23. The number of carbonyl (C=O) groups is 1. The molecule has 0 saturated carbocycles. The van der Waals surface area contributed by atoms with E-state index in [1.54, 1.807) is 0 Å². The first-order valence-corrected chi connectivity index (χ1v) is 8.89. The maximum atomic E-state index is 12.2. The smallest absolute Gasteiger partial charge is 0.243 e. The van der Waals surface area contributed by atoms with Gasteiger partial charge in [-0.25, -0.2) is 0 Å². The van der Waals surface area contributed by atoms with Crippen LogP contribution < -0.4 is 15.4 Å². The van der Waals surface area contributed by atoms with E-state index in [9.17, 15) is 4.79 Å². The number of benzene rings is 2. The molecule has 2 rings (SSSR count). The van der Waals surface area contributed by atoms with Gasteiger partial charge in [-0.3, -0.25) is 4.79 Å². The number of hydrogen-bond donors (Lipinski definition) is 2. The van der Waals surface area contributed by atoms with E-state index in [-0.39, 0.29) is 18.6 Å². The van der Waals surface area contributed by atoms with Gasteiger partial charge in [-0.1, -0.05) is 39.0 Å². The van der Waals surface area contributed by atoms with Gasteiger partial charge in [0.05, 0.1) is 12.6 Å².